The summed E-state index contributed by atoms with van der Waals surface area (Å²) in [7, 11) is 3.30. The van der Waals surface area contributed by atoms with Gasteiger partial charge in [0.2, 0.25) is 0 Å². The van der Waals surface area contributed by atoms with Crippen molar-refractivity contribution >= 4 is 41.7 Å². The Bertz CT molecular complexity index is 487. The molecule has 2 N–H and O–H groups in total. The third kappa shape index (κ3) is 8.32. The Morgan fingerprint density at radius 3 is 2.58 bits per heavy atom. The van der Waals surface area contributed by atoms with Crippen molar-refractivity contribution in [2.24, 2.45) is 4.99 Å². The molecule has 24 heavy (non-hydrogen) atoms. The summed E-state index contributed by atoms with van der Waals surface area (Å²) in [5.41, 5.74) is 1.01. The van der Waals surface area contributed by atoms with Gasteiger partial charge in [-0.2, -0.15) is 11.8 Å². The van der Waals surface area contributed by atoms with Gasteiger partial charge >= 0.3 is 0 Å². The van der Waals surface area contributed by atoms with Crippen LogP contribution >= 0.6 is 35.7 Å². The maximum atomic E-state index is 5.45. The van der Waals surface area contributed by atoms with Crippen LogP contribution in [-0.4, -0.2) is 45.3 Å². The Morgan fingerprint density at radius 1 is 1.17 bits per heavy atom. The first kappa shape index (κ1) is 23.2. The molecular weight excluding hydrogens is 437 g/mol. The highest BCUT2D eigenvalue weighted by Gasteiger charge is 2.09. The topological polar surface area (TPSA) is 54.9 Å². The van der Waals surface area contributed by atoms with E-state index in [0.29, 0.717) is 6.54 Å². The van der Waals surface area contributed by atoms with Gasteiger partial charge in [-0.25, -0.2) is 4.99 Å². The number of rotatable bonds is 10. The van der Waals surface area contributed by atoms with Gasteiger partial charge in [0.25, 0.3) is 0 Å². The predicted octanol–water partition coefficient (Wildman–Crippen LogP) is 3.52. The zero-order valence-electron chi connectivity index (χ0n) is 15.1. The van der Waals surface area contributed by atoms with Crippen LogP contribution in [0, 0.1) is 0 Å². The smallest absolute Gasteiger partial charge is 0.191 e. The van der Waals surface area contributed by atoms with Crippen molar-refractivity contribution in [3.8, 4) is 11.5 Å². The number of aliphatic imine (C=N–C) groups is 1. The molecule has 0 spiro atoms. The molecule has 0 heterocycles. The molecule has 5 nitrogen and oxygen atoms in total. The molecule has 1 aromatic rings. The van der Waals surface area contributed by atoms with Crippen molar-refractivity contribution in [1.29, 1.82) is 0 Å². The molecule has 0 bridgehead atoms. The Hall–Kier alpha value is -0.830. The second-order valence-electron chi connectivity index (χ2n) is 4.97. The molecule has 0 atom stereocenters. The van der Waals surface area contributed by atoms with E-state index in [-0.39, 0.29) is 24.0 Å². The summed E-state index contributed by atoms with van der Waals surface area (Å²) in [6, 6.07) is 5.85. The largest absolute Gasteiger partial charge is 0.493 e. The first-order valence-corrected chi connectivity index (χ1v) is 9.37. The molecule has 0 unspecified atom stereocenters. The summed E-state index contributed by atoms with van der Waals surface area (Å²) in [4.78, 5) is 4.64. The molecule has 0 amide bonds. The maximum absolute atomic E-state index is 5.45. The van der Waals surface area contributed by atoms with E-state index in [1.165, 1.54) is 12.2 Å². The summed E-state index contributed by atoms with van der Waals surface area (Å²) < 4.78 is 10.8. The number of nitrogens with one attached hydrogen (secondary N) is 2. The Balaban J connectivity index is 0.00000529. The van der Waals surface area contributed by atoms with E-state index in [1.54, 1.807) is 14.2 Å². The monoisotopic (exact) mass is 467 g/mol. The van der Waals surface area contributed by atoms with Crippen LogP contribution in [0.5, 0.6) is 11.5 Å². The van der Waals surface area contributed by atoms with Crippen LogP contribution in [0.4, 0.5) is 0 Å². The molecule has 0 aromatic heterocycles. The number of hydrogen-bond donors (Lipinski definition) is 2. The van der Waals surface area contributed by atoms with Crippen molar-refractivity contribution < 1.29 is 9.47 Å². The fraction of sp³-hybridized carbons (Fsp3) is 0.588. The fourth-order valence-corrected chi connectivity index (χ4v) is 2.66. The zero-order valence-corrected chi connectivity index (χ0v) is 18.2. The zero-order chi connectivity index (χ0) is 16.9. The lowest BCUT2D eigenvalue weighted by atomic mass is 10.2. The number of ether oxygens (including phenoxy) is 2. The summed E-state index contributed by atoms with van der Waals surface area (Å²) >= 11 is 1.89. The van der Waals surface area contributed by atoms with Crippen LogP contribution in [0.15, 0.2) is 23.2 Å². The van der Waals surface area contributed by atoms with E-state index in [9.17, 15) is 0 Å². The highest BCUT2D eigenvalue weighted by molar-refractivity contribution is 14.0. The van der Waals surface area contributed by atoms with Crippen molar-refractivity contribution in [2.45, 2.75) is 26.3 Å². The van der Waals surface area contributed by atoms with Gasteiger partial charge in [-0.15, -0.1) is 24.0 Å². The Kier molecular flexibility index (Phi) is 14.0. The Labute approximate surface area is 167 Å². The third-order valence-corrected chi connectivity index (χ3v) is 4.00. The van der Waals surface area contributed by atoms with E-state index >= 15 is 0 Å². The highest BCUT2D eigenvalue weighted by Crippen LogP contribution is 2.30. The van der Waals surface area contributed by atoms with Gasteiger partial charge < -0.3 is 20.1 Å². The van der Waals surface area contributed by atoms with Crippen molar-refractivity contribution in [3.63, 3.8) is 0 Å². The number of unbranched alkanes of at least 4 members (excludes halogenated alkanes) is 1. The standard InChI is InChI=1S/C17H29N3O2S.HI/c1-5-18-17(19-11-6-7-12-23-4)20-13-14-9-8-10-15(21-2)16(14)22-3;/h8-10H,5-7,11-13H2,1-4H3,(H2,18,19,20);1H. The molecule has 0 aliphatic heterocycles. The van der Waals surface area contributed by atoms with Crippen LogP contribution in [0.2, 0.25) is 0 Å². The number of nitrogens with zero attached hydrogens (tertiary/aromatic N) is 1. The van der Waals surface area contributed by atoms with Crippen LogP contribution < -0.4 is 20.1 Å². The van der Waals surface area contributed by atoms with Crippen molar-refractivity contribution in [3.05, 3.63) is 23.8 Å². The second-order valence-corrected chi connectivity index (χ2v) is 5.96. The fourth-order valence-electron chi connectivity index (χ4n) is 2.16. The molecule has 0 radical (unpaired) electrons. The number of methoxy groups -OCH3 is 2. The van der Waals surface area contributed by atoms with E-state index in [2.05, 4.69) is 28.8 Å². The van der Waals surface area contributed by atoms with E-state index in [0.717, 1.165) is 42.5 Å². The number of benzene rings is 1. The van der Waals surface area contributed by atoms with Crippen molar-refractivity contribution in [2.75, 3.05) is 39.3 Å². The molecule has 0 fully saturated rings. The van der Waals surface area contributed by atoms with E-state index in [4.69, 9.17) is 9.47 Å². The van der Waals surface area contributed by atoms with Gasteiger partial charge in [0.1, 0.15) is 0 Å². The summed E-state index contributed by atoms with van der Waals surface area (Å²) in [5.74, 6) is 3.52. The number of halogens is 1. The molecule has 7 heteroatoms. The van der Waals surface area contributed by atoms with Gasteiger partial charge in [-0.05, 0) is 37.8 Å². The number of hydrogen-bond acceptors (Lipinski definition) is 4. The average molecular weight is 467 g/mol. The van der Waals surface area contributed by atoms with Crippen LogP contribution in [0.3, 0.4) is 0 Å². The van der Waals surface area contributed by atoms with Gasteiger partial charge in [0.05, 0.1) is 20.8 Å². The normalized spacial score (nSPS) is 10.8. The SMILES string of the molecule is CCNC(=NCc1cccc(OC)c1OC)NCCCCSC.I. The summed E-state index contributed by atoms with van der Waals surface area (Å²) in [6.07, 6.45) is 4.51. The molecular formula is C17H30IN3O2S. The van der Waals surface area contributed by atoms with Crippen LogP contribution in [0.1, 0.15) is 25.3 Å². The lowest BCUT2D eigenvalue weighted by molar-refractivity contribution is 0.352. The Morgan fingerprint density at radius 2 is 1.96 bits per heavy atom. The van der Waals surface area contributed by atoms with E-state index < -0.39 is 0 Å². The minimum absolute atomic E-state index is 0. The van der Waals surface area contributed by atoms with Gasteiger partial charge in [0.15, 0.2) is 17.5 Å². The highest BCUT2D eigenvalue weighted by atomic mass is 127. The number of para-hydroxylation sites is 1. The van der Waals surface area contributed by atoms with E-state index in [1.807, 2.05) is 30.0 Å². The number of thioether (sulfide) groups is 1. The molecule has 0 saturated carbocycles. The first-order valence-electron chi connectivity index (χ1n) is 7.97. The van der Waals surface area contributed by atoms with Gasteiger partial charge in [-0.3, -0.25) is 0 Å². The molecule has 0 aliphatic carbocycles. The predicted molar refractivity (Wildman–Crippen MR) is 115 cm³/mol. The van der Waals surface area contributed by atoms with Crippen LogP contribution in [-0.2, 0) is 6.54 Å². The second kappa shape index (κ2) is 14.5. The van der Waals surface area contributed by atoms with Gasteiger partial charge in [-0.1, -0.05) is 12.1 Å². The molecule has 0 saturated heterocycles. The van der Waals surface area contributed by atoms with Gasteiger partial charge in [0, 0.05) is 18.7 Å². The average Bonchev–Trinajstić information content (AvgIpc) is 2.58. The maximum Gasteiger partial charge on any atom is 0.191 e. The quantitative estimate of drug-likeness (QED) is 0.239. The summed E-state index contributed by atoms with van der Waals surface area (Å²) in [5, 5.41) is 6.64. The number of guanidine groups is 1. The van der Waals surface area contributed by atoms with Crippen molar-refractivity contribution in [1.82, 2.24) is 10.6 Å². The lowest BCUT2D eigenvalue weighted by Crippen LogP contribution is -2.37. The molecule has 1 rings (SSSR count). The lowest BCUT2D eigenvalue weighted by Gasteiger charge is -2.13. The minimum atomic E-state index is 0. The third-order valence-electron chi connectivity index (χ3n) is 3.30. The molecule has 1 aromatic carbocycles. The van der Waals surface area contributed by atoms with Crippen LogP contribution in [0.25, 0.3) is 0 Å². The molecule has 138 valence electrons. The molecule has 0 aliphatic rings. The minimum Gasteiger partial charge on any atom is -0.493 e. The first-order chi connectivity index (χ1) is 11.3. The summed E-state index contributed by atoms with van der Waals surface area (Å²) in [6.45, 7) is 4.38.